The highest BCUT2D eigenvalue weighted by Crippen LogP contribution is 2.13. The van der Waals surface area contributed by atoms with E-state index in [4.69, 9.17) is 0 Å². The molecule has 0 aliphatic rings. The molecule has 2 aromatic heterocycles. The first-order valence-corrected chi connectivity index (χ1v) is 8.90. The maximum absolute atomic E-state index is 4.59. The van der Waals surface area contributed by atoms with Gasteiger partial charge in [0.15, 0.2) is 5.96 Å². The third-order valence-corrected chi connectivity index (χ3v) is 4.45. The fourth-order valence-electron chi connectivity index (χ4n) is 2.11. The van der Waals surface area contributed by atoms with Crippen LogP contribution in [0, 0.1) is 0 Å². The Labute approximate surface area is 164 Å². The van der Waals surface area contributed by atoms with Crippen LogP contribution in [-0.4, -0.2) is 38.8 Å². The first-order chi connectivity index (χ1) is 11.3. The summed E-state index contributed by atoms with van der Waals surface area (Å²) in [5.41, 5.74) is 0. The number of aromatic nitrogens is 4. The van der Waals surface area contributed by atoms with Crippen LogP contribution in [0.2, 0.25) is 0 Å². The Morgan fingerprint density at radius 2 is 2.08 bits per heavy atom. The van der Waals surface area contributed by atoms with E-state index in [-0.39, 0.29) is 24.0 Å². The Morgan fingerprint density at radius 1 is 1.25 bits per heavy atom. The molecule has 24 heavy (non-hydrogen) atoms. The van der Waals surface area contributed by atoms with Gasteiger partial charge in [0.05, 0.1) is 6.54 Å². The molecule has 0 aromatic carbocycles. The summed E-state index contributed by atoms with van der Waals surface area (Å²) < 4.78 is 2.06. The highest BCUT2D eigenvalue weighted by molar-refractivity contribution is 14.0. The predicted molar refractivity (Wildman–Crippen MR) is 109 cm³/mol. The van der Waals surface area contributed by atoms with Crippen molar-refractivity contribution in [3.05, 3.63) is 28.2 Å². The van der Waals surface area contributed by atoms with Gasteiger partial charge in [-0.25, -0.2) is 9.98 Å². The number of hydrogen-bond acceptors (Lipinski definition) is 5. The highest BCUT2D eigenvalue weighted by Gasteiger charge is 2.03. The molecular formula is C15H26IN7S. The van der Waals surface area contributed by atoms with Gasteiger partial charge in [-0.3, -0.25) is 0 Å². The molecule has 0 bridgehead atoms. The molecule has 0 aliphatic heterocycles. The van der Waals surface area contributed by atoms with Crippen LogP contribution in [0.5, 0.6) is 0 Å². The lowest BCUT2D eigenvalue weighted by atomic mass is 10.4. The number of hydrogen-bond donors (Lipinski definition) is 2. The Kier molecular flexibility index (Phi) is 9.84. The number of aliphatic imine (C=N–C) groups is 1. The molecular weight excluding hydrogens is 437 g/mol. The number of guanidine groups is 1. The van der Waals surface area contributed by atoms with Crippen molar-refractivity contribution in [3.63, 3.8) is 0 Å². The molecule has 0 aliphatic carbocycles. The molecule has 9 heteroatoms. The van der Waals surface area contributed by atoms with E-state index in [0.717, 1.165) is 49.3 Å². The average molecular weight is 463 g/mol. The number of thiazole rings is 1. The summed E-state index contributed by atoms with van der Waals surface area (Å²) in [6, 6.07) is 0. The molecule has 0 atom stereocenters. The highest BCUT2D eigenvalue weighted by atomic mass is 127. The predicted octanol–water partition coefficient (Wildman–Crippen LogP) is 2.23. The first kappa shape index (κ1) is 20.8. The van der Waals surface area contributed by atoms with E-state index < -0.39 is 0 Å². The van der Waals surface area contributed by atoms with Crippen LogP contribution < -0.4 is 10.6 Å². The second-order valence-corrected chi connectivity index (χ2v) is 6.19. The molecule has 2 heterocycles. The van der Waals surface area contributed by atoms with Gasteiger partial charge in [0.1, 0.15) is 17.2 Å². The van der Waals surface area contributed by atoms with Gasteiger partial charge in [-0.05, 0) is 13.3 Å². The van der Waals surface area contributed by atoms with Crippen molar-refractivity contribution in [3.8, 4) is 0 Å². The van der Waals surface area contributed by atoms with Crippen LogP contribution in [0.25, 0.3) is 0 Å². The van der Waals surface area contributed by atoms with Gasteiger partial charge in [0, 0.05) is 37.1 Å². The van der Waals surface area contributed by atoms with Crippen LogP contribution in [-0.2, 0) is 25.9 Å². The average Bonchev–Trinajstić information content (AvgIpc) is 3.21. The maximum atomic E-state index is 4.59. The van der Waals surface area contributed by atoms with Crippen LogP contribution in [0.15, 0.2) is 17.5 Å². The van der Waals surface area contributed by atoms with E-state index in [1.807, 2.05) is 6.20 Å². The number of nitrogens with zero attached hydrogens (tertiary/aromatic N) is 5. The second kappa shape index (κ2) is 11.3. The molecule has 0 radical (unpaired) electrons. The van der Waals surface area contributed by atoms with E-state index in [9.17, 15) is 0 Å². The number of rotatable bonds is 8. The van der Waals surface area contributed by atoms with Gasteiger partial charge < -0.3 is 15.2 Å². The quantitative estimate of drug-likeness (QED) is 0.357. The zero-order chi connectivity index (χ0) is 16.5. The lowest BCUT2D eigenvalue weighted by Crippen LogP contribution is -2.38. The Morgan fingerprint density at radius 3 is 2.75 bits per heavy atom. The van der Waals surface area contributed by atoms with E-state index in [1.165, 1.54) is 4.88 Å². The SMILES string of the molecule is CCNC(=NCc1ncc(CC)s1)NCCn1cnnc1CC.I. The van der Waals surface area contributed by atoms with Gasteiger partial charge in [0.25, 0.3) is 0 Å². The standard InChI is InChI=1S/C15H25N7S.HI/c1-4-12-9-18-14(23-12)10-19-15(16-6-3)17-7-8-22-11-20-21-13(22)5-2;/h9,11H,4-8,10H2,1-3H3,(H2,16,17,19);1H. The van der Waals surface area contributed by atoms with Gasteiger partial charge in [-0.2, -0.15) is 0 Å². The van der Waals surface area contributed by atoms with Crippen molar-refractivity contribution in [1.29, 1.82) is 0 Å². The number of aryl methyl sites for hydroxylation is 2. The van der Waals surface area contributed by atoms with Crippen molar-refractivity contribution in [1.82, 2.24) is 30.4 Å². The van der Waals surface area contributed by atoms with Crippen molar-refractivity contribution in [2.45, 2.75) is 46.7 Å². The zero-order valence-corrected chi connectivity index (χ0v) is 17.6. The monoisotopic (exact) mass is 463 g/mol. The molecule has 7 nitrogen and oxygen atoms in total. The number of halogens is 1. The molecule has 2 aromatic rings. The fraction of sp³-hybridized carbons (Fsp3) is 0.600. The summed E-state index contributed by atoms with van der Waals surface area (Å²) in [5.74, 6) is 1.82. The van der Waals surface area contributed by atoms with Gasteiger partial charge in [-0.1, -0.05) is 13.8 Å². The minimum absolute atomic E-state index is 0. The van der Waals surface area contributed by atoms with Crippen molar-refractivity contribution >= 4 is 41.3 Å². The molecule has 2 rings (SSSR count). The fourth-order valence-corrected chi connectivity index (χ4v) is 2.89. The lowest BCUT2D eigenvalue weighted by Gasteiger charge is -2.11. The molecule has 0 saturated heterocycles. The van der Waals surface area contributed by atoms with Gasteiger partial charge >= 0.3 is 0 Å². The van der Waals surface area contributed by atoms with Crippen LogP contribution in [0.1, 0.15) is 36.5 Å². The van der Waals surface area contributed by atoms with Gasteiger partial charge in [0.2, 0.25) is 0 Å². The van der Waals surface area contributed by atoms with E-state index >= 15 is 0 Å². The molecule has 0 saturated carbocycles. The van der Waals surface area contributed by atoms with Crippen molar-refractivity contribution in [2.24, 2.45) is 4.99 Å². The van der Waals surface area contributed by atoms with Crippen molar-refractivity contribution in [2.75, 3.05) is 13.1 Å². The minimum atomic E-state index is 0. The summed E-state index contributed by atoms with van der Waals surface area (Å²) in [6.07, 6.45) is 5.62. The summed E-state index contributed by atoms with van der Waals surface area (Å²) >= 11 is 1.73. The first-order valence-electron chi connectivity index (χ1n) is 8.09. The Bertz CT molecular complexity index is 623. The summed E-state index contributed by atoms with van der Waals surface area (Å²) in [5, 5.41) is 15.7. The molecule has 0 fully saturated rings. The molecule has 2 N–H and O–H groups in total. The summed E-state index contributed by atoms with van der Waals surface area (Å²) in [7, 11) is 0. The van der Waals surface area contributed by atoms with Crippen LogP contribution in [0.4, 0.5) is 0 Å². The third kappa shape index (κ3) is 6.34. The molecule has 0 spiro atoms. The van der Waals surface area contributed by atoms with Gasteiger partial charge in [-0.15, -0.1) is 45.5 Å². The Balaban J connectivity index is 0.00000288. The smallest absolute Gasteiger partial charge is 0.191 e. The second-order valence-electron chi connectivity index (χ2n) is 4.99. The maximum Gasteiger partial charge on any atom is 0.191 e. The normalized spacial score (nSPS) is 11.2. The minimum Gasteiger partial charge on any atom is -0.357 e. The molecule has 0 unspecified atom stereocenters. The molecule has 134 valence electrons. The van der Waals surface area contributed by atoms with Crippen LogP contribution >= 0.6 is 35.3 Å². The number of nitrogens with one attached hydrogen (secondary N) is 2. The lowest BCUT2D eigenvalue weighted by molar-refractivity contribution is 0.632. The largest absolute Gasteiger partial charge is 0.357 e. The zero-order valence-electron chi connectivity index (χ0n) is 14.4. The Hall–Kier alpha value is -1.23. The topological polar surface area (TPSA) is 80.0 Å². The van der Waals surface area contributed by atoms with E-state index in [0.29, 0.717) is 6.54 Å². The van der Waals surface area contributed by atoms with Crippen LogP contribution in [0.3, 0.4) is 0 Å². The molecule has 0 amide bonds. The van der Waals surface area contributed by atoms with Crippen molar-refractivity contribution < 1.29 is 0 Å². The summed E-state index contributed by atoms with van der Waals surface area (Å²) in [6.45, 7) is 9.31. The van der Waals surface area contributed by atoms with E-state index in [2.05, 4.69) is 56.1 Å². The van der Waals surface area contributed by atoms with E-state index in [1.54, 1.807) is 17.7 Å². The third-order valence-electron chi connectivity index (χ3n) is 3.32. The summed E-state index contributed by atoms with van der Waals surface area (Å²) in [4.78, 5) is 10.3.